The van der Waals surface area contributed by atoms with Gasteiger partial charge in [-0.1, -0.05) is 57.2 Å². The zero-order valence-electron chi connectivity index (χ0n) is 21.1. The van der Waals surface area contributed by atoms with Crippen LogP contribution in [-0.4, -0.2) is 55.0 Å². The fourth-order valence-electron chi connectivity index (χ4n) is 2.74. The van der Waals surface area contributed by atoms with E-state index >= 15 is 0 Å². The quantitative estimate of drug-likeness (QED) is 0.198. The summed E-state index contributed by atoms with van der Waals surface area (Å²) in [6, 6.07) is 16.4. The Hall–Kier alpha value is -2.12. The lowest BCUT2D eigenvalue weighted by molar-refractivity contribution is 0.0260. The summed E-state index contributed by atoms with van der Waals surface area (Å²) in [5.74, 6) is 0.841. The summed E-state index contributed by atoms with van der Waals surface area (Å²) in [6.45, 7) is 14.7. The highest BCUT2D eigenvalue weighted by atomic mass is 28.4. The van der Waals surface area contributed by atoms with Crippen LogP contribution in [0.15, 0.2) is 48.5 Å². The smallest absolute Gasteiger partial charge is 0.192 e. The molecule has 1 N–H and O–H groups in total. The molecule has 0 unspecified atom stereocenters. The predicted molar refractivity (Wildman–Crippen MR) is 142 cm³/mol. The SMILES string of the molecule is CNc1ccc(/C=C/c2ccc(OCCOCCOCCO[Si](C)(C)C(C)(C)C)cc2)cc1. The van der Waals surface area contributed by atoms with Crippen LogP contribution >= 0.6 is 0 Å². The molecule has 33 heavy (non-hydrogen) atoms. The molecule has 0 amide bonds. The van der Waals surface area contributed by atoms with Crippen molar-refractivity contribution in [3.8, 4) is 5.75 Å². The molecule has 6 heteroatoms. The molecule has 0 aliphatic carbocycles. The minimum atomic E-state index is -1.68. The van der Waals surface area contributed by atoms with Gasteiger partial charge in [-0.25, -0.2) is 0 Å². The first-order chi connectivity index (χ1) is 15.7. The molecule has 0 heterocycles. The Morgan fingerprint density at radius 2 is 1.21 bits per heavy atom. The van der Waals surface area contributed by atoms with Crippen molar-refractivity contribution >= 4 is 26.2 Å². The van der Waals surface area contributed by atoms with E-state index in [9.17, 15) is 0 Å². The minimum Gasteiger partial charge on any atom is -0.491 e. The van der Waals surface area contributed by atoms with Crippen LogP contribution in [0.3, 0.4) is 0 Å². The van der Waals surface area contributed by atoms with Gasteiger partial charge in [0.2, 0.25) is 0 Å². The molecule has 0 radical (unpaired) electrons. The third kappa shape index (κ3) is 10.1. The van der Waals surface area contributed by atoms with Crippen LogP contribution in [0.1, 0.15) is 31.9 Å². The fraction of sp³-hybridized carbons (Fsp3) is 0.481. The number of benzene rings is 2. The first-order valence-electron chi connectivity index (χ1n) is 11.7. The van der Waals surface area contributed by atoms with Gasteiger partial charge in [-0.15, -0.1) is 0 Å². The van der Waals surface area contributed by atoms with Gasteiger partial charge in [0, 0.05) is 12.7 Å². The van der Waals surface area contributed by atoms with Gasteiger partial charge in [0.05, 0.1) is 33.0 Å². The van der Waals surface area contributed by atoms with Crippen molar-refractivity contribution < 1.29 is 18.6 Å². The highest BCUT2D eigenvalue weighted by molar-refractivity contribution is 6.74. The van der Waals surface area contributed by atoms with Crippen molar-refractivity contribution in [1.29, 1.82) is 0 Å². The molecule has 2 aromatic carbocycles. The fourth-order valence-corrected chi connectivity index (χ4v) is 3.77. The summed E-state index contributed by atoms with van der Waals surface area (Å²) in [5.41, 5.74) is 3.40. The van der Waals surface area contributed by atoms with Crippen molar-refractivity contribution in [3.05, 3.63) is 59.7 Å². The summed E-state index contributed by atoms with van der Waals surface area (Å²) >= 11 is 0. The lowest BCUT2D eigenvalue weighted by atomic mass is 10.1. The van der Waals surface area contributed by atoms with Crippen molar-refractivity contribution in [2.24, 2.45) is 0 Å². The van der Waals surface area contributed by atoms with Crippen LogP contribution in [-0.2, 0) is 13.9 Å². The van der Waals surface area contributed by atoms with Crippen molar-refractivity contribution in [3.63, 3.8) is 0 Å². The van der Waals surface area contributed by atoms with Gasteiger partial charge < -0.3 is 24.0 Å². The molecule has 0 aliphatic heterocycles. The Kier molecular flexibility index (Phi) is 11.1. The van der Waals surface area contributed by atoms with E-state index in [1.54, 1.807) is 0 Å². The lowest BCUT2D eigenvalue weighted by Gasteiger charge is -2.36. The largest absolute Gasteiger partial charge is 0.491 e. The second kappa shape index (κ2) is 13.6. The summed E-state index contributed by atoms with van der Waals surface area (Å²) in [4.78, 5) is 0. The standard InChI is InChI=1S/C27H41NO4Si/c1-27(2,3)33(5,6)32-22-20-30-18-17-29-19-21-31-26-15-11-24(12-16-26)8-7-23-9-13-25(28-4)14-10-23/h7-16,28H,17-22H2,1-6H3/b8-7+. The van der Waals surface area contributed by atoms with Gasteiger partial charge in [-0.2, -0.15) is 0 Å². The Morgan fingerprint density at radius 3 is 1.73 bits per heavy atom. The zero-order chi connectivity index (χ0) is 24.2. The third-order valence-corrected chi connectivity index (χ3v) is 10.5. The predicted octanol–water partition coefficient (Wildman–Crippen LogP) is 6.33. The Bertz CT molecular complexity index is 827. The highest BCUT2D eigenvalue weighted by Crippen LogP contribution is 2.36. The van der Waals surface area contributed by atoms with E-state index in [1.165, 1.54) is 5.56 Å². The van der Waals surface area contributed by atoms with E-state index in [-0.39, 0.29) is 5.04 Å². The van der Waals surface area contributed by atoms with Crippen LogP contribution in [0.5, 0.6) is 5.75 Å². The van der Waals surface area contributed by atoms with E-state index in [0.29, 0.717) is 39.6 Å². The van der Waals surface area contributed by atoms with Gasteiger partial charge in [0.1, 0.15) is 12.4 Å². The molecule has 0 spiro atoms. The number of hydrogen-bond donors (Lipinski definition) is 1. The van der Waals surface area contributed by atoms with Gasteiger partial charge in [0.25, 0.3) is 0 Å². The number of rotatable bonds is 14. The number of nitrogens with one attached hydrogen (secondary N) is 1. The second-order valence-electron chi connectivity index (χ2n) is 9.46. The molecule has 182 valence electrons. The Labute approximate surface area is 201 Å². The van der Waals surface area contributed by atoms with E-state index in [1.807, 2.05) is 31.3 Å². The third-order valence-electron chi connectivity index (χ3n) is 5.91. The maximum absolute atomic E-state index is 6.09. The van der Waals surface area contributed by atoms with E-state index in [4.69, 9.17) is 18.6 Å². The molecule has 0 saturated heterocycles. The monoisotopic (exact) mass is 471 g/mol. The number of anilines is 1. The molecule has 0 atom stereocenters. The average Bonchev–Trinajstić information content (AvgIpc) is 2.79. The lowest BCUT2D eigenvalue weighted by Crippen LogP contribution is -2.41. The van der Waals surface area contributed by atoms with Gasteiger partial charge >= 0.3 is 0 Å². The number of ether oxygens (including phenoxy) is 3. The van der Waals surface area contributed by atoms with E-state index in [0.717, 1.165) is 17.0 Å². The van der Waals surface area contributed by atoms with Gasteiger partial charge in [0.15, 0.2) is 8.32 Å². The normalized spacial score (nSPS) is 12.3. The van der Waals surface area contributed by atoms with Gasteiger partial charge in [-0.3, -0.25) is 0 Å². The first-order valence-corrected chi connectivity index (χ1v) is 14.6. The highest BCUT2D eigenvalue weighted by Gasteiger charge is 2.36. The molecule has 0 aromatic heterocycles. The van der Waals surface area contributed by atoms with Crippen molar-refractivity contribution in [2.45, 2.75) is 38.9 Å². The van der Waals surface area contributed by atoms with Crippen molar-refractivity contribution in [2.75, 3.05) is 52.0 Å². The second-order valence-corrected chi connectivity index (χ2v) is 14.3. The van der Waals surface area contributed by atoms with Crippen LogP contribution in [0, 0.1) is 0 Å². The summed E-state index contributed by atoms with van der Waals surface area (Å²) < 4.78 is 23.0. The van der Waals surface area contributed by atoms with Crippen LogP contribution in [0.2, 0.25) is 18.1 Å². The molecule has 0 saturated carbocycles. The Morgan fingerprint density at radius 1 is 0.727 bits per heavy atom. The summed E-state index contributed by atoms with van der Waals surface area (Å²) in [7, 11) is 0.236. The summed E-state index contributed by atoms with van der Waals surface area (Å²) in [6.07, 6.45) is 4.20. The molecule has 0 aliphatic rings. The molecule has 2 aromatic rings. The van der Waals surface area contributed by atoms with E-state index in [2.05, 4.69) is 75.6 Å². The van der Waals surface area contributed by atoms with Crippen LogP contribution in [0.25, 0.3) is 12.2 Å². The molecule has 2 rings (SSSR count). The van der Waals surface area contributed by atoms with Crippen LogP contribution in [0.4, 0.5) is 5.69 Å². The molecule has 5 nitrogen and oxygen atoms in total. The summed E-state index contributed by atoms with van der Waals surface area (Å²) in [5, 5.41) is 3.35. The average molecular weight is 472 g/mol. The zero-order valence-corrected chi connectivity index (χ0v) is 22.1. The molecular weight excluding hydrogens is 430 g/mol. The maximum Gasteiger partial charge on any atom is 0.192 e. The number of hydrogen-bond acceptors (Lipinski definition) is 5. The van der Waals surface area contributed by atoms with E-state index < -0.39 is 8.32 Å². The maximum atomic E-state index is 6.09. The molecular formula is C27H41NO4Si. The molecule has 0 bridgehead atoms. The molecule has 0 fully saturated rings. The van der Waals surface area contributed by atoms with Gasteiger partial charge in [-0.05, 0) is 53.5 Å². The van der Waals surface area contributed by atoms with Crippen molar-refractivity contribution in [1.82, 2.24) is 0 Å². The topological polar surface area (TPSA) is 49.0 Å². The Balaban J connectivity index is 1.54. The van der Waals surface area contributed by atoms with Crippen LogP contribution < -0.4 is 10.1 Å². The minimum absolute atomic E-state index is 0.228. The first kappa shape index (κ1) is 27.1.